The highest BCUT2D eigenvalue weighted by Crippen LogP contribution is 2.24. The van der Waals surface area contributed by atoms with Gasteiger partial charge in [0, 0.05) is 18.2 Å². The molecule has 0 aliphatic carbocycles. The minimum absolute atomic E-state index is 0.0607. The molecule has 1 aromatic carbocycles. The van der Waals surface area contributed by atoms with Crippen molar-refractivity contribution in [2.45, 2.75) is 6.54 Å². The number of hydrogen-bond acceptors (Lipinski definition) is 6. The third kappa shape index (κ3) is 2.94. The second-order valence-corrected chi connectivity index (χ2v) is 3.94. The third-order valence-corrected chi connectivity index (χ3v) is 2.68. The maximum atomic E-state index is 11.0. The van der Waals surface area contributed by atoms with Crippen LogP contribution in [0.2, 0.25) is 0 Å². The van der Waals surface area contributed by atoms with E-state index in [4.69, 9.17) is 9.84 Å². The number of nitrogens with zero attached hydrogens (tertiary/aromatic N) is 2. The monoisotopic (exact) mass is 275 g/mol. The second kappa shape index (κ2) is 5.87. The summed E-state index contributed by atoms with van der Waals surface area (Å²) in [5, 5.41) is 21.7. The minimum atomic E-state index is -1.14. The van der Waals surface area contributed by atoms with Crippen LogP contribution in [0.15, 0.2) is 30.7 Å². The fourth-order valence-corrected chi connectivity index (χ4v) is 1.64. The molecule has 1 aromatic heterocycles. The Labute approximate surface area is 114 Å². The predicted octanol–water partition coefficient (Wildman–Crippen LogP) is 1.50. The van der Waals surface area contributed by atoms with Gasteiger partial charge in [0.2, 0.25) is 0 Å². The highest BCUT2D eigenvalue weighted by Gasteiger charge is 2.12. The Hall–Kier alpha value is -2.83. The Morgan fingerprint density at radius 1 is 1.45 bits per heavy atom. The van der Waals surface area contributed by atoms with Gasteiger partial charge >= 0.3 is 5.97 Å². The Kier molecular flexibility index (Phi) is 3.99. The van der Waals surface area contributed by atoms with E-state index in [0.717, 1.165) is 0 Å². The van der Waals surface area contributed by atoms with E-state index in [9.17, 15) is 9.90 Å². The van der Waals surface area contributed by atoms with Crippen molar-refractivity contribution in [2.24, 2.45) is 0 Å². The molecule has 0 amide bonds. The summed E-state index contributed by atoms with van der Waals surface area (Å²) in [6.07, 6.45) is 2.54. The van der Waals surface area contributed by atoms with Crippen molar-refractivity contribution in [3.05, 3.63) is 42.0 Å². The van der Waals surface area contributed by atoms with E-state index in [1.807, 2.05) is 0 Å². The number of carboxylic acids is 1. The number of ether oxygens (including phenoxy) is 1. The average molecular weight is 275 g/mol. The second-order valence-electron chi connectivity index (χ2n) is 3.94. The molecule has 7 heteroatoms. The van der Waals surface area contributed by atoms with Gasteiger partial charge in [-0.25, -0.2) is 14.8 Å². The molecular weight excluding hydrogens is 262 g/mol. The first-order valence-electron chi connectivity index (χ1n) is 5.75. The molecule has 104 valence electrons. The molecule has 0 spiro atoms. The Bertz CT molecular complexity index is 631. The van der Waals surface area contributed by atoms with Gasteiger partial charge in [0.1, 0.15) is 17.8 Å². The van der Waals surface area contributed by atoms with E-state index < -0.39 is 5.97 Å². The number of carboxylic acid groups (broad SMARTS) is 1. The van der Waals surface area contributed by atoms with Gasteiger partial charge in [-0.05, 0) is 12.1 Å². The number of anilines is 1. The SMILES string of the molecule is COc1ccc(CNc2cncnc2C(=O)O)c(O)c1. The number of hydrogen-bond donors (Lipinski definition) is 3. The van der Waals surface area contributed by atoms with Crippen LogP contribution in [0, 0.1) is 0 Å². The zero-order valence-corrected chi connectivity index (χ0v) is 10.7. The van der Waals surface area contributed by atoms with Crippen LogP contribution >= 0.6 is 0 Å². The Balaban J connectivity index is 2.15. The van der Waals surface area contributed by atoms with Gasteiger partial charge in [-0.1, -0.05) is 0 Å². The van der Waals surface area contributed by atoms with Crippen molar-refractivity contribution in [1.29, 1.82) is 0 Å². The lowest BCUT2D eigenvalue weighted by Crippen LogP contribution is -2.09. The van der Waals surface area contributed by atoms with Crippen molar-refractivity contribution in [1.82, 2.24) is 9.97 Å². The number of rotatable bonds is 5. The molecule has 7 nitrogen and oxygen atoms in total. The summed E-state index contributed by atoms with van der Waals surface area (Å²) in [4.78, 5) is 18.4. The normalized spacial score (nSPS) is 10.1. The molecule has 0 aliphatic rings. The van der Waals surface area contributed by atoms with Gasteiger partial charge in [0.15, 0.2) is 5.69 Å². The summed E-state index contributed by atoms with van der Waals surface area (Å²) in [6, 6.07) is 4.87. The molecule has 0 radical (unpaired) electrons. The highest BCUT2D eigenvalue weighted by atomic mass is 16.5. The first-order chi connectivity index (χ1) is 9.61. The molecule has 0 aliphatic heterocycles. The molecule has 0 bridgehead atoms. The fourth-order valence-electron chi connectivity index (χ4n) is 1.64. The molecule has 0 saturated heterocycles. The summed E-state index contributed by atoms with van der Waals surface area (Å²) in [5.41, 5.74) is 0.772. The standard InChI is InChI=1S/C13H13N3O4/c1-20-9-3-2-8(11(17)4-9)5-15-10-6-14-7-16-12(10)13(18)19/h2-4,6-7,15,17H,5H2,1H3,(H,18,19). The molecular formula is C13H13N3O4. The van der Waals surface area contributed by atoms with Gasteiger partial charge in [0.05, 0.1) is 19.0 Å². The number of methoxy groups -OCH3 is 1. The third-order valence-electron chi connectivity index (χ3n) is 2.68. The predicted molar refractivity (Wildman–Crippen MR) is 71.0 cm³/mol. The molecule has 20 heavy (non-hydrogen) atoms. The van der Waals surface area contributed by atoms with E-state index in [1.165, 1.54) is 25.7 Å². The maximum Gasteiger partial charge on any atom is 0.356 e. The van der Waals surface area contributed by atoms with Crippen LogP contribution in [-0.2, 0) is 6.54 Å². The first-order valence-corrected chi connectivity index (χ1v) is 5.75. The van der Waals surface area contributed by atoms with E-state index in [-0.39, 0.29) is 23.7 Å². The van der Waals surface area contributed by atoms with Gasteiger partial charge in [-0.2, -0.15) is 0 Å². The number of phenols is 1. The number of nitrogens with one attached hydrogen (secondary N) is 1. The number of phenolic OH excluding ortho intramolecular Hbond substituents is 1. The lowest BCUT2D eigenvalue weighted by atomic mass is 10.2. The summed E-state index contributed by atoms with van der Waals surface area (Å²) in [7, 11) is 1.51. The molecule has 1 heterocycles. The van der Waals surface area contributed by atoms with Crippen molar-refractivity contribution in [3.8, 4) is 11.5 Å². The minimum Gasteiger partial charge on any atom is -0.507 e. The smallest absolute Gasteiger partial charge is 0.356 e. The van der Waals surface area contributed by atoms with E-state index in [1.54, 1.807) is 12.1 Å². The van der Waals surface area contributed by atoms with Crippen LogP contribution in [0.5, 0.6) is 11.5 Å². The van der Waals surface area contributed by atoms with Crippen molar-refractivity contribution >= 4 is 11.7 Å². The largest absolute Gasteiger partial charge is 0.507 e. The molecule has 2 rings (SSSR count). The lowest BCUT2D eigenvalue weighted by Gasteiger charge is -2.10. The molecule has 0 saturated carbocycles. The van der Waals surface area contributed by atoms with Gasteiger partial charge < -0.3 is 20.3 Å². The highest BCUT2D eigenvalue weighted by molar-refractivity contribution is 5.91. The van der Waals surface area contributed by atoms with Crippen molar-refractivity contribution in [2.75, 3.05) is 12.4 Å². The Morgan fingerprint density at radius 3 is 2.90 bits per heavy atom. The first kappa shape index (κ1) is 13.6. The Morgan fingerprint density at radius 2 is 2.25 bits per heavy atom. The number of benzene rings is 1. The molecule has 2 aromatic rings. The quantitative estimate of drug-likeness (QED) is 0.759. The summed E-state index contributed by atoms with van der Waals surface area (Å²) in [6.45, 7) is 0.240. The fraction of sp³-hybridized carbons (Fsp3) is 0.154. The van der Waals surface area contributed by atoms with Gasteiger partial charge in [0.25, 0.3) is 0 Å². The number of aromatic carboxylic acids is 1. The molecule has 0 atom stereocenters. The molecule has 0 unspecified atom stereocenters. The number of aromatic nitrogens is 2. The maximum absolute atomic E-state index is 11.0. The summed E-state index contributed by atoms with van der Waals surface area (Å²) in [5.74, 6) is -0.542. The molecule has 3 N–H and O–H groups in total. The number of aromatic hydroxyl groups is 1. The van der Waals surface area contributed by atoms with Crippen LogP contribution in [-0.4, -0.2) is 33.3 Å². The topological polar surface area (TPSA) is 105 Å². The van der Waals surface area contributed by atoms with Crippen LogP contribution < -0.4 is 10.1 Å². The van der Waals surface area contributed by atoms with E-state index in [2.05, 4.69) is 15.3 Å². The van der Waals surface area contributed by atoms with Crippen LogP contribution in [0.4, 0.5) is 5.69 Å². The summed E-state index contributed by atoms with van der Waals surface area (Å²) < 4.78 is 4.99. The zero-order chi connectivity index (χ0) is 14.5. The van der Waals surface area contributed by atoms with Crippen molar-refractivity contribution in [3.63, 3.8) is 0 Å². The van der Waals surface area contributed by atoms with E-state index >= 15 is 0 Å². The van der Waals surface area contributed by atoms with Gasteiger partial charge in [-0.3, -0.25) is 0 Å². The van der Waals surface area contributed by atoms with Crippen LogP contribution in [0.3, 0.4) is 0 Å². The van der Waals surface area contributed by atoms with Crippen LogP contribution in [0.1, 0.15) is 16.1 Å². The zero-order valence-electron chi connectivity index (χ0n) is 10.7. The number of carbonyl (C=O) groups is 1. The van der Waals surface area contributed by atoms with Gasteiger partial charge in [-0.15, -0.1) is 0 Å². The van der Waals surface area contributed by atoms with E-state index in [0.29, 0.717) is 11.3 Å². The molecule has 0 fully saturated rings. The average Bonchev–Trinajstić information content (AvgIpc) is 2.46. The summed E-state index contributed by atoms with van der Waals surface area (Å²) >= 11 is 0. The van der Waals surface area contributed by atoms with Crippen molar-refractivity contribution < 1.29 is 19.7 Å². The van der Waals surface area contributed by atoms with Crippen LogP contribution in [0.25, 0.3) is 0 Å². The lowest BCUT2D eigenvalue weighted by molar-refractivity contribution is 0.0691.